The number of nitrogens with one attached hydrogen (secondary N) is 1. The van der Waals surface area contributed by atoms with E-state index in [1.807, 2.05) is 0 Å². The van der Waals surface area contributed by atoms with Gasteiger partial charge in [0.2, 0.25) is 0 Å². The molecule has 0 amide bonds. The van der Waals surface area contributed by atoms with E-state index in [0.29, 0.717) is 22.9 Å². The van der Waals surface area contributed by atoms with Gasteiger partial charge in [-0.05, 0) is 28.6 Å². The fourth-order valence-corrected chi connectivity index (χ4v) is 4.41. The quantitative estimate of drug-likeness (QED) is 0.824. The largest absolute Gasteiger partial charge is 0.311 e. The molecule has 0 spiro atoms. The average Bonchev–Trinajstić information content (AvgIpc) is 2.79. The summed E-state index contributed by atoms with van der Waals surface area (Å²) in [6, 6.07) is 1.38. The fourth-order valence-electron chi connectivity index (χ4n) is 4.41. The lowest BCUT2D eigenvalue weighted by Crippen LogP contribution is -2.60. The lowest BCUT2D eigenvalue weighted by atomic mass is 9.91. The standard InChI is InChI=1S/C19H38N2/c1-9-14(4)15-11-21(16(10-20-15)13(2)3)12-17-18(5,6)19(17,7)8/h13-17,20H,9-12H2,1-8H3. The van der Waals surface area contributed by atoms with Gasteiger partial charge in [0.05, 0.1) is 0 Å². The van der Waals surface area contributed by atoms with Crippen LogP contribution in [0.4, 0.5) is 0 Å². The van der Waals surface area contributed by atoms with Crippen molar-refractivity contribution in [1.29, 1.82) is 0 Å². The molecule has 1 saturated carbocycles. The third-order valence-electron chi connectivity index (χ3n) is 7.33. The first-order chi connectivity index (χ1) is 9.62. The van der Waals surface area contributed by atoms with E-state index in [4.69, 9.17) is 0 Å². The first-order valence-electron chi connectivity index (χ1n) is 9.10. The molecule has 0 aromatic carbocycles. The van der Waals surface area contributed by atoms with Gasteiger partial charge in [-0.3, -0.25) is 4.90 Å². The molecular formula is C19H38N2. The van der Waals surface area contributed by atoms with Crippen molar-refractivity contribution in [2.75, 3.05) is 19.6 Å². The predicted molar refractivity (Wildman–Crippen MR) is 92.5 cm³/mol. The van der Waals surface area contributed by atoms with E-state index in [2.05, 4.69) is 65.6 Å². The minimum atomic E-state index is 0.505. The van der Waals surface area contributed by atoms with Crippen LogP contribution in [0.5, 0.6) is 0 Å². The molecule has 1 aliphatic carbocycles. The van der Waals surface area contributed by atoms with Crippen LogP contribution < -0.4 is 5.32 Å². The van der Waals surface area contributed by atoms with Crippen molar-refractivity contribution in [3.05, 3.63) is 0 Å². The molecule has 2 rings (SSSR count). The highest BCUT2D eigenvalue weighted by atomic mass is 15.2. The molecule has 0 radical (unpaired) electrons. The molecule has 0 aromatic heterocycles. The molecule has 2 nitrogen and oxygen atoms in total. The van der Waals surface area contributed by atoms with E-state index >= 15 is 0 Å². The van der Waals surface area contributed by atoms with Crippen molar-refractivity contribution in [3.8, 4) is 0 Å². The first kappa shape index (κ1) is 17.3. The second-order valence-electron chi connectivity index (χ2n) is 9.16. The smallest absolute Gasteiger partial charge is 0.0244 e. The average molecular weight is 295 g/mol. The van der Waals surface area contributed by atoms with E-state index in [1.54, 1.807) is 0 Å². The topological polar surface area (TPSA) is 15.3 Å². The van der Waals surface area contributed by atoms with Crippen LogP contribution in [-0.2, 0) is 0 Å². The molecule has 124 valence electrons. The highest BCUT2D eigenvalue weighted by Crippen LogP contribution is 2.68. The Labute approximate surface area is 133 Å². The third-order valence-corrected chi connectivity index (χ3v) is 7.33. The zero-order valence-corrected chi connectivity index (χ0v) is 15.7. The number of hydrogen-bond acceptors (Lipinski definition) is 2. The second kappa shape index (κ2) is 5.85. The molecular weight excluding hydrogens is 256 g/mol. The van der Waals surface area contributed by atoms with Crippen molar-refractivity contribution in [2.45, 2.75) is 73.9 Å². The van der Waals surface area contributed by atoms with E-state index < -0.39 is 0 Å². The molecule has 1 heterocycles. The molecule has 1 saturated heterocycles. The summed E-state index contributed by atoms with van der Waals surface area (Å²) in [4.78, 5) is 2.82. The molecule has 3 unspecified atom stereocenters. The van der Waals surface area contributed by atoms with Crippen LogP contribution in [0.25, 0.3) is 0 Å². The maximum absolute atomic E-state index is 3.82. The van der Waals surface area contributed by atoms with Crippen LogP contribution in [0.1, 0.15) is 61.8 Å². The number of rotatable bonds is 5. The SMILES string of the molecule is CCC(C)C1CN(CC2C(C)(C)C2(C)C)C(C(C)C)CN1. The molecule has 3 atom stereocenters. The Balaban J connectivity index is 2.05. The zero-order chi connectivity index (χ0) is 16.0. The Hall–Kier alpha value is -0.0800. The van der Waals surface area contributed by atoms with Crippen LogP contribution in [0.3, 0.4) is 0 Å². The molecule has 2 aliphatic rings. The molecule has 2 heteroatoms. The van der Waals surface area contributed by atoms with E-state index in [9.17, 15) is 0 Å². The summed E-state index contributed by atoms with van der Waals surface area (Å²) in [5, 5.41) is 3.82. The molecule has 2 fully saturated rings. The summed E-state index contributed by atoms with van der Waals surface area (Å²) in [6.45, 7) is 23.0. The molecule has 1 aliphatic heterocycles. The Morgan fingerprint density at radius 2 is 1.67 bits per heavy atom. The Bertz CT molecular complexity index is 345. The maximum Gasteiger partial charge on any atom is 0.0244 e. The molecule has 21 heavy (non-hydrogen) atoms. The van der Waals surface area contributed by atoms with Crippen LogP contribution in [0.2, 0.25) is 0 Å². The van der Waals surface area contributed by atoms with Crippen molar-refractivity contribution in [2.24, 2.45) is 28.6 Å². The predicted octanol–water partition coefficient (Wildman–Crippen LogP) is 4.01. The van der Waals surface area contributed by atoms with E-state index in [0.717, 1.165) is 17.8 Å². The number of piperazine rings is 1. The monoisotopic (exact) mass is 294 g/mol. The minimum Gasteiger partial charge on any atom is -0.311 e. The summed E-state index contributed by atoms with van der Waals surface area (Å²) in [5.74, 6) is 2.36. The van der Waals surface area contributed by atoms with E-state index in [1.165, 1.54) is 26.1 Å². The summed E-state index contributed by atoms with van der Waals surface area (Å²) in [6.07, 6.45) is 1.28. The third kappa shape index (κ3) is 3.03. The highest BCUT2D eigenvalue weighted by molar-refractivity contribution is 5.13. The Morgan fingerprint density at radius 1 is 1.10 bits per heavy atom. The van der Waals surface area contributed by atoms with Gasteiger partial charge in [0, 0.05) is 31.7 Å². The van der Waals surface area contributed by atoms with Gasteiger partial charge in [0.1, 0.15) is 0 Å². The van der Waals surface area contributed by atoms with Gasteiger partial charge < -0.3 is 5.32 Å². The van der Waals surface area contributed by atoms with Crippen molar-refractivity contribution in [1.82, 2.24) is 10.2 Å². The van der Waals surface area contributed by atoms with Crippen LogP contribution in [-0.4, -0.2) is 36.6 Å². The molecule has 0 bridgehead atoms. The maximum atomic E-state index is 3.82. The van der Waals surface area contributed by atoms with Gasteiger partial charge in [-0.1, -0.05) is 61.8 Å². The fraction of sp³-hybridized carbons (Fsp3) is 1.00. The van der Waals surface area contributed by atoms with Crippen LogP contribution in [0, 0.1) is 28.6 Å². The minimum absolute atomic E-state index is 0.505. The van der Waals surface area contributed by atoms with Gasteiger partial charge in [-0.15, -0.1) is 0 Å². The second-order valence-corrected chi connectivity index (χ2v) is 9.16. The van der Waals surface area contributed by atoms with Gasteiger partial charge in [-0.2, -0.15) is 0 Å². The Kier molecular flexibility index (Phi) is 4.81. The lowest BCUT2D eigenvalue weighted by Gasteiger charge is -2.44. The number of nitrogens with zero attached hydrogens (tertiary/aromatic N) is 1. The van der Waals surface area contributed by atoms with Gasteiger partial charge in [-0.25, -0.2) is 0 Å². The van der Waals surface area contributed by atoms with Crippen LogP contribution in [0.15, 0.2) is 0 Å². The summed E-state index contributed by atoms with van der Waals surface area (Å²) in [7, 11) is 0. The van der Waals surface area contributed by atoms with Crippen LogP contribution >= 0.6 is 0 Å². The lowest BCUT2D eigenvalue weighted by molar-refractivity contribution is 0.0726. The molecule has 0 aromatic rings. The van der Waals surface area contributed by atoms with Crippen molar-refractivity contribution < 1.29 is 0 Å². The normalized spacial score (nSPS) is 34.1. The Morgan fingerprint density at radius 3 is 2.10 bits per heavy atom. The first-order valence-corrected chi connectivity index (χ1v) is 9.10. The number of hydrogen-bond donors (Lipinski definition) is 1. The highest BCUT2D eigenvalue weighted by Gasteiger charge is 2.64. The van der Waals surface area contributed by atoms with Gasteiger partial charge in [0.15, 0.2) is 0 Å². The summed E-state index contributed by atoms with van der Waals surface area (Å²) >= 11 is 0. The molecule has 1 N–H and O–H groups in total. The zero-order valence-electron chi connectivity index (χ0n) is 15.7. The summed E-state index contributed by atoms with van der Waals surface area (Å²) in [5.41, 5.74) is 1.01. The van der Waals surface area contributed by atoms with E-state index in [-0.39, 0.29) is 0 Å². The van der Waals surface area contributed by atoms with Crippen molar-refractivity contribution >= 4 is 0 Å². The van der Waals surface area contributed by atoms with Crippen molar-refractivity contribution in [3.63, 3.8) is 0 Å². The van der Waals surface area contributed by atoms with Gasteiger partial charge in [0.25, 0.3) is 0 Å². The summed E-state index contributed by atoms with van der Waals surface area (Å²) < 4.78 is 0. The van der Waals surface area contributed by atoms with Gasteiger partial charge >= 0.3 is 0 Å².